The van der Waals surface area contributed by atoms with Gasteiger partial charge in [0.05, 0.1) is 5.75 Å². The van der Waals surface area contributed by atoms with Crippen LogP contribution in [0.4, 0.5) is 0 Å². The van der Waals surface area contributed by atoms with Crippen LogP contribution in [0, 0.1) is 0 Å². The number of benzene rings is 1. The number of para-hydroxylation sites is 1. The van der Waals surface area contributed by atoms with Crippen molar-refractivity contribution in [3.8, 4) is 5.75 Å². The molecule has 2 rings (SSSR count). The van der Waals surface area contributed by atoms with Crippen LogP contribution in [0.5, 0.6) is 5.75 Å². The second-order valence-corrected chi connectivity index (χ2v) is 8.31. The summed E-state index contributed by atoms with van der Waals surface area (Å²) in [6, 6.07) is 9.46. The summed E-state index contributed by atoms with van der Waals surface area (Å²) in [5.41, 5.74) is 0. The fourth-order valence-electron chi connectivity index (χ4n) is 2.55. The van der Waals surface area contributed by atoms with Crippen LogP contribution in [0.2, 0.25) is 0 Å². The largest absolute Gasteiger partial charge is 0.491 e. The quantitative estimate of drug-likeness (QED) is 0.722. The lowest BCUT2D eigenvalue weighted by Crippen LogP contribution is -2.50. The minimum atomic E-state index is -2.90. The van der Waals surface area contributed by atoms with E-state index in [0.29, 0.717) is 13.1 Å². The molecule has 1 heterocycles. The number of ether oxygens (including phenoxy) is 1. The maximum Gasteiger partial charge on any atom is 0.148 e. The van der Waals surface area contributed by atoms with Crippen molar-refractivity contribution in [1.82, 2.24) is 9.80 Å². The van der Waals surface area contributed by atoms with Crippen LogP contribution < -0.4 is 4.74 Å². The topological polar surface area (TPSA) is 70.1 Å². The highest BCUT2D eigenvalue weighted by Crippen LogP contribution is 2.09. The Morgan fingerprint density at radius 1 is 1.13 bits per heavy atom. The zero-order valence-electron chi connectivity index (χ0n) is 13.6. The lowest BCUT2D eigenvalue weighted by molar-refractivity contribution is 0.0472. The smallest absolute Gasteiger partial charge is 0.148 e. The van der Waals surface area contributed by atoms with E-state index in [2.05, 4.69) is 9.80 Å². The maximum absolute atomic E-state index is 11.2. The van der Waals surface area contributed by atoms with E-state index in [1.165, 1.54) is 6.26 Å². The van der Waals surface area contributed by atoms with Gasteiger partial charge in [-0.1, -0.05) is 18.2 Å². The number of aliphatic hydroxyl groups excluding tert-OH is 1. The zero-order valence-corrected chi connectivity index (χ0v) is 14.4. The van der Waals surface area contributed by atoms with Crippen molar-refractivity contribution in [2.24, 2.45) is 0 Å². The molecule has 0 spiro atoms. The van der Waals surface area contributed by atoms with Crippen molar-refractivity contribution in [3.63, 3.8) is 0 Å². The summed E-state index contributed by atoms with van der Waals surface area (Å²) in [7, 11) is -2.90. The zero-order chi connectivity index (χ0) is 16.7. The fourth-order valence-corrected chi connectivity index (χ4v) is 3.14. The van der Waals surface area contributed by atoms with Gasteiger partial charge >= 0.3 is 0 Å². The van der Waals surface area contributed by atoms with Gasteiger partial charge in [0.25, 0.3) is 0 Å². The summed E-state index contributed by atoms with van der Waals surface area (Å²) < 4.78 is 27.9. The molecule has 7 heteroatoms. The Kier molecular flexibility index (Phi) is 6.83. The van der Waals surface area contributed by atoms with Crippen LogP contribution in [0.15, 0.2) is 30.3 Å². The van der Waals surface area contributed by atoms with Crippen LogP contribution in [0.1, 0.15) is 0 Å². The third kappa shape index (κ3) is 7.30. The van der Waals surface area contributed by atoms with E-state index in [0.717, 1.165) is 31.9 Å². The normalized spacial score (nSPS) is 18.7. The van der Waals surface area contributed by atoms with E-state index in [1.54, 1.807) is 0 Å². The highest BCUT2D eigenvalue weighted by molar-refractivity contribution is 7.90. The molecule has 6 nitrogen and oxygen atoms in total. The van der Waals surface area contributed by atoms with Gasteiger partial charge in [-0.3, -0.25) is 9.80 Å². The molecular formula is C16H26N2O4S. The molecule has 23 heavy (non-hydrogen) atoms. The Hall–Kier alpha value is -1.15. The van der Waals surface area contributed by atoms with Gasteiger partial charge in [0, 0.05) is 45.5 Å². The standard InChI is InChI=1S/C16H26N2O4S/c1-23(20,21)12-11-17-7-9-18(10-8-17)13-15(19)14-22-16-5-3-2-4-6-16/h2-6,15,19H,7-14H2,1H3/t15-/m0/s1. The molecule has 0 saturated carbocycles. The number of piperazine rings is 1. The van der Waals surface area contributed by atoms with Crippen molar-refractivity contribution in [1.29, 1.82) is 0 Å². The molecule has 1 fully saturated rings. The van der Waals surface area contributed by atoms with Gasteiger partial charge in [-0.2, -0.15) is 0 Å². The Morgan fingerprint density at radius 3 is 2.35 bits per heavy atom. The lowest BCUT2D eigenvalue weighted by atomic mass is 10.2. The van der Waals surface area contributed by atoms with Gasteiger partial charge in [-0.05, 0) is 12.1 Å². The summed E-state index contributed by atoms with van der Waals surface area (Å²) in [4.78, 5) is 4.35. The predicted molar refractivity (Wildman–Crippen MR) is 90.5 cm³/mol. The third-order valence-corrected chi connectivity index (χ3v) is 4.82. The van der Waals surface area contributed by atoms with Crippen LogP contribution in [-0.4, -0.2) is 87.3 Å². The summed E-state index contributed by atoms with van der Waals surface area (Å²) in [6.07, 6.45) is 0.740. The van der Waals surface area contributed by atoms with E-state index >= 15 is 0 Å². The monoisotopic (exact) mass is 342 g/mol. The lowest BCUT2D eigenvalue weighted by Gasteiger charge is -2.35. The number of sulfone groups is 1. The van der Waals surface area contributed by atoms with Gasteiger partial charge in [0.15, 0.2) is 0 Å². The molecule has 1 aromatic rings. The summed E-state index contributed by atoms with van der Waals surface area (Å²) >= 11 is 0. The van der Waals surface area contributed by atoms with Crippen LogP contribution in [0.25, 0.3) is 0 Å². The molecule has 1 aliphatic heterocycles. The number of hydrogen-bond acceptors (Lipinski definition) is 6. The van der Waals surface area contributed by atoms with Crippen molar-refractivity contribution in [2.75, 3.05) is 57.9 Å². The average Bonchev–Trinajstić information content (AvgIpc) is 2.53. The van der Waals surface area contributed by atoms with Crippen LogP contribution >= 0.6 is 0 Å². The first kappa shape index (κ1) is 18.2. The summed E-state index contributed by atoms with van der Waals surface area (Å²) in [5, 5.41) is 10.1. The Bertz CT molecular complexity index is 557. The maximum atomic E-state index is 11.2. The second kappa shape index (κ2) is 8.63. The molecule has 0 unspecified atom stereocenters. The fraction of sp³-hybridized carbons (Fsp3) is 0.625. The van der Waals surface area contributed by atoms with Gasteiger partial charge in [0.2, 0.25) is 0 Å². The number of hydrogen-bond donors (Lipinski definition) is 1. The van der Waals surface area contributed by atoms with E-state index in [4.69, 9.17) is 4.74 Å². The van der Waals surface area contributed by atoms with Gasteiger partial charge in [-0.15, -0.1) is 0 Å². The van der Waals surface area contributed by atoms with Crippen molar-refractivity contribution >= 4 is 9.84 Å². The van der Waals surface area contributed by atoms with Crippen LogP contribution in [-0.2, 0) is 9.84 Å². The number of aliphatic hydroxyl groups is 1. The molecule has 1 saturated heterocycles. The van der Waals surface area contributed by atoms with E-state index in [1.807, 2.05) is 30.3 Å². The molecule has 0 radical (unpaired) electrons. The third-order valence-electron chi connectivity index (χ3n) is 3.90. The van der Waals surface area contributed by atoms with Crippen molar-refractivity contribution < 1.29 is 18.3 Å². The SMILES string of the molecule is CS(=O)(=O)CCN1CCN(C[C@H](O)COc2ccccc2)CC1. The van der Waals surface area contributed by atoms with Gasteiger partial charge in [-0.25, -0.2) is 8.42 Å². The van der Waals surface area contributed by atoms with Gasteiger partial charge < -0.3 is 9.84 Å². The predicted octanol–water partition coefficient (Wildman–Crippen LogP) is 0.0885. The highest BCUT2D eigenvalue weighted by atomic mass is 32.2. The number of nitrogens with zero attached hydrogens (tertiary/aromatic N) is 2. The molecule has 0 bridgehead atoms. The van der Waals surface area contributed by atoms with E-state index < -0.39 is 15.9 Å². The first-order valence-corrected chi connectivity index (χ1v) is 9.97. The summed E-state index contributed by atoms with van der Waals surface area (Å²) in [5.74, 6) is 0.970. The average molecular weight is 342 g/mol. The first-order chi connectivity index (χ1) is 10.9. The summed E-state index contributed by atoms with van der Waals surface area (Å²) in [6.45, 7) is 4.79. The van der Waals surface area contributed by atoms with E-state index in [-0.39, 0.29) is 12.4 Å². The Labute approximate surface area is 138 Å². The number of β-amino-alcohol motifs (C(OH)–C–C–N with tert-alkyl or cyclic N) is 1. The molecule has 1 atom stereocenters. The number of rotatable bonds is 8. The van der Waals surface area contributed by atoms with E-state index in [9.17, 15) is 13.5 Å². The van der Waals surface area contributed by atoms with Crippen molar-refractivity contribution in [2.45, 2.75) is 6.10 Å². The minimum Gasteiger partial charge on any atom is -0.491 e. The van der Waals surface area contributed by atoms with Crippen LogP contribution in [0.3, 0.4) is 0 Å². The molecule has 1 N–H and O–H groups in total. The molecule has 130 valence electrons. The molecule has 1 aliphatic rings. The second-order valence-electron chi connectivity index (χ2n) is 6.05. The Balaban J connectivity index is 1.63. The molecule has 1 aromatic carbocycles. The minimum absolute atomic E-state index is 0.209. The van der Waals surface area contributed by atoms with Gasteiger partial charge in [0.1, 0.15) is 28.3 Å². The first-order valence-electron chi connectivity index (χ1n) is 7.91. The molecule has 0 aliphatic carbocycles. The Morgan fingerprint density at radius 2 is 1.74 bits per heavy atom. The molecular weight excluding hydrogens is 316 g/mol. The molecule has 0 amide bonds. The molecule has 0 aromatic heterocycles. The van der Waals surface area contributed by atoms with Crippen molar-refractivity contribution in [3.05, 3.63) is 30.3 Å². The highest BCUT2D eigenvalue weighted by Gasteiger charge is 2.20.